The van der Waals surface area contributed by atoms with E-state index in [2.05, 4.69) is 75.3 Å². The van der Waals surface area contributed by atoms with Gasteiger partial charge in [0.15, 0.2) is 0 Å². The lowest BCUT2D eigenvalue weighted by Gasteiger charge is -2.34. The van der Waals surface area contributed by atoms with Gasteiger partial charge in [-0.3, -0.25) is 0 Å². The summed E-state index contributed by atoms with van der Waals surface area (Å²) < 4.78 is 6.25. The SMILES string of the molecule is CN1CCN(c2cccc3ccc(OCc4ccccc4-c4ccncn4)cc23)CC1. The van der Waals surface area contributed by atoms with Crippen LogP contribution in [0.3, 0.4) is 0 Å². The van der Waals surface area contributed by atoms with E-state index in [9.17, 15) is 0 Å². The van der Waals surface area contributed by atoms with Crippen molar-refractivity contribution in [2.75, 3.05) is 38.1 Å². The van der Waals surface area contributed by atoms with E-state index in [4.69, 9.17) is 4.74 Å². The number of anilines is 1. The number of ether oxygens (including phenoxy) is 1. The molecule has 0 N–H and O–H groups in total. The molecule has 0 aliphatic carbocycles. The minimum Gasteiger partial charge on any atom is -0.489 e. The van der Waals surface area contributed by atoms with Crippen molar-refractivity contribution < 1.29 is 4.74 Å². The third-order valence-electron chi connectivity index (χ3n) is 5.94. The third-order valence-corrected chi connectivity index (χ3v) is 5.94. The van der Waals surface area contributed by atoms with Crippen LogP contribution in [0.2, 0.25) is 0 Å². The number of fused-ring (bicyclic) bond motifs is 1. The van der Waals surface area contributed by atoms with E-state index in [-0.39, 0.29) is 0 Å². The predicted octanol–water partition coefficient (Wildman–Crippen LogP) is 4.63. The molecule has 5 nitrogen and oxygen atoms in total. The summed E-state index contributed by atoms with van der Waals surface area (Å²) in [7, 11) is 2.19. The van der Waals surface area contributed by atoms with Gasteiger partial charge in [-0.1, -0.05) is 42.5 Å². The largest absolute Gasteiger partial charge is 0.489 e. The van der Waals surface area contributed by atoms with Crippen molar-refractivity contribution in [1.82, 2.24) is 14.9 Å². The van der Waals surface area contributed by atoms with Crippen LogP contribution >= 0.6 is 0 Å². The van der Waals surface area contributed by atoms with Crippen LogP contribution in [0.15, 0.2) is 79.3 Å². The number of hydrogen-bond donors (Lipinski definition) is 0. The van der Waals surface area contributed by atoms with Gasteiger partial charge in [0, 0.05) is 49.0 Å². The van der Waals surface area contributed by atoms with E-state index in [1.54, 1.807) is 12.5 Å². The molecule has 0 saturated carbocycles. The highest BCUT2D eigenvalue weighted by atomic mass is 16.5. The summed E-state index contributed by atoms with van der Waals surface area (Å²) in [6.45, 7) is 4.77. The highest BCUT2D eigenvalue weighted by molar-refractivity contribution is 5.95. The first-order chi connectivity index (χ1) is 15.3. The van der Waals surface area contributed by atoms with Gasteiger partial charge in [0.2, 0.25) is 0 Å². The highest BCUT2D eigenvalue weighted by Gasteiger charge is 2.16. The molecule has 0 spiro atoms. The Morgan fingerprint density at radius 1 is 0.903 bits per heavy atom. The molecule has 5 heteroatoms. The molecule has 4 aromatic rings. The maximum atomic E-state index is 6.25. The molecule has 5 rings (SSSR count). The van der Waals surface area contributed by atoms with Crippen molar-refractivity contribution in [3.63, 3.8) is 0 Å². The van der Waals surface area contributed by atoms with Gasteiger partial charge in [-0.15, -0.1) is 0 Å². The van der Waals surface area contributed by atoms with Crippen molar-refractivity contribution in [1.29, 1.82) is 0 Å². The predicted molar refractivity (Wildman–Crippen MR) is 125 cm³/mol. The molecule has 1 aliphatic heterocycles. The van der Waals surface area contributed by atoms with Gasteiger partial charge in [-0.2, -0.15) is 0 Å². The molecule has 1 fully saturated rings. The van der Waals surface area contributed by atoms with Crippen LogP contribution in [0.5, 0.6) is 5.75 Å². The summed E-state index contributed by atoms with van der Waals surface area (Å²) >= 11 is 0. The molecule has 0 bridgehead atoms. The number of piperazine rings is 1. The van der Waals surface area contributed by atoms with Gasteiger partial charge in [0.1, 0.15) is 18.7 Å². The maximum Gasteiger partial charge on any atom is 0.120 e. The second-order valence-electron chi connectivity index (χ2n) is 7.99. The van der Waals surface area contributed by atoms with E-state index in [0.29, 0.717) is 6.61 Å². The molecule has 1 saturated heterocycles. The number of benzene rings is 3. The number of aromatic nitrogens is 2. The van der Waals surface area contributed by atoms with Crippen LogP contribution in [0.25, 0.3) is 22.0 Å². The molecule has 1 aromatic heterocycles. The van der Waals surface area contributed by atoms with Gasteiger partial charge in [0.05, 0.1) is 5.69 Å². The van der Waals surface area contributed by atoms with E-state index in [1.807, 2.05) is 18.2 Å². The van der Waals surface area contributed by atoms with Crippen LogP contribution in [0.4, 0.5) is 5.69 Å². The average Bonchev–Trinajstić information content (AvgIpc) is 2.83. The van der Waals surface area contributed by atoms with Crippen molar-refractivity contribution in [3.8, 4) is 17.0 Å². The van der Waals surface area contributed by atoms with Crippen molar-refractivity contribution >= 4 is 16.5 Å². The Labute approximate surface area is 182 Å². The van der Waals surface area contributed by atoms with Crippen molar-refractivity contribution in [3.05, 3.63) is 84.8 Å². The smallest absolute Gasteiger partial charge is 0.120 e. The van der Waals surface area contributed by atoms with E-state index in [0.717, 1.165) is 48.7 Å². The molecule has 0 radical (unpaired) electrons. The zero-order valence-corrected chi connectivity index (χ0v) is 17.7. The van der Waals surface area contributed by atoms with Gasteiger partial charge in [-0.25, -0.2) is 9.97 Å². The summed E-state index contributed by atoms with van der Waals surface area (Å²) in [5, 5.41) is 2.49. The van der Waals surface area contributed by atoms with Crippen LogP contribution < -0.4 is 9.64 Å². The summed E-state index contributed by atoms with van der Waals surface area (Å²) in [6.07, 6.45) is 3.35. The van der Waals surface area contributed by atoms with Gasteiger partial charge >= 0.3 is 0 Å². The molecule has 1 aliphatic rings. The fourth-order valence-corrected chi connectivity index (χ4v) is 4.16. The Hall–Kier alpha value is -3.44. The zero-order valence-electron chi connectivity index (χ0n) is 17.7. The minimum atomic E-state index is 0.488. The van der Waals surface area contributed by atoms with Gasteiger partial charge in [-0.05, 0) is 42.3 Å². The van der Waals surface area contributed by atoms with E-state index >= 15 is 0 Å². The lowest BCUT2D eigenvalue weighted by Crippen LogP contribution is -2.44. The normalized spacial score (nSPS) is 14.7. The number of likely N-dealkylation sites (N-methyl/N-ethyl adjacent to an activating group) is 1. The standard InChI is InChI=1S/C26H26N4O/c1-29-13-15-30(16-14-29)26-8-4-6-20-9-10-22(17-24(20)26)31-18-21-5-2-3-7-23(21)25-11-12-27-19-28-25/h2-12,17,19H,13-16,18H2,1H3. The van der Waals surface area contributed by atoms with Gasteiger partial charge < -0.3 is 14.5 Å². The van der Waals surface area contributed by atoms with Crippen molar-refractivity contribution in [2.45, 2.75) is 6.61 Å². The molecule has 0 atom stereocenters. The molecule has 0 amide bonds. The van der Waals surface area contributed by atoms with E-state index in [1.165, 1.54) is 16.5 Å². The molecule has 3 aromatic carbocycles. The number of rotatable bonds is 5. The van der Waals surface area contributed by atoms with Crippen LogP contribution in [-0.2, 0) is 6.61 Å². The Morgan fingerprint density at radius 2 is 1.77 bits per heavy atom. The van der Waals surface area contributed by atoms with Crippen LogP contribution in [-0.4, -0.2) is 48.1 Å². The molecular weight excluding hydrogens is 384 g/mol. The lowest BCUT2D eigenvalue weighted by atomic mass is 10.0. The first kappa shape index (κ1) is 19.5. The average molecular weight is 411 g/mol. The van der Waals surface area contributed by atoms with Crippen molar-refractivity contribution in [2.24, 2.45) is 0 Å². The fourth-order valence-electron chi connectivity index (χ4n) is 4.16. The quantitative estimate of drug-likeness (QED) is 0.480. The molecule has 0 unspecified atom stereocenters. The first-order valence-electron chi connectivity index (χ1n) is 10.7. The Balaban J connectivity index is 1.40. The number of hydrogen-bond acceptors (Lipinski definition) is 5. The Kier molecular flexibility index (Phi) is 5.50. The van der Waals surface area contributed by atoms with Crippen LogP contribution in [0, 0.1) is 0 Å². The highest BCUT2D eigenvalue weighted by Crippen LogP contribution is 2.31. The number of nitrogens with zero attached hydrogens (tertiary/aromatic N) is 4. The lowest BCUT2D eigenvalue weighted by molar-refractivity contribution is 0.307. The molecule has 31 heavy (non-hydrogen) atoms. The van der Waals surface area contributed by atoms with Crippen LogP contribution in [0.1, 0.15) is 5.56 Å². The summed E-state index contributed by atoms with van der Waals surface area (Å²) in [6, 6.07) is 23.1. The molecular formula is C26H26N4O. The van der Waals surface area contributed by atoms with E-state index < -0.39 is 0 Å². The zero-order chi connectivity index (χ0) is 21.0. The monoisotopic (exact) mass is 410 g/mol. The molecule has 2 heterocycles. The van der Waals surface area contributed by atoms with Gasteiger partial charge in [0.25, 0.3) is 0 Å². The second-order valence-corrected chi connectivity index (χ2v) is 7.99. The summed E-state index contributed by atoms with van der Waals surface area (Å²) in [5.74, 6) is 0.881. The maximum absolute atomic E-state index is 6.25. The summed E-state index contributed by atoms with van der Waals surface area (Å²) in [5.41, 5.74) is 4.37. The topological polar surface area (TPSA) is 41.5 Å². The third kappa shape index (κ3) is 4.23. The molecule has 156 valence electrons. The summed E-state index contributed by atoms with van der Waals surface area (Å²) in [4.78, 5) is 13.3. The fraction of sp³-hybridized carbons (Fsp3) is 0.231. The first-order valence-corrected chi connectivity index (χ1v) is 10.7. The Bertz CT molecular complexity index is 1170. The Morgan fingerprint density at radius 3 is 2.61 bits per heavy atom. The second kappa shape index (κ2) is 8.74. The minimum absolute atomic E-state index is 0.488.